The van der Waals surface area contributed by atoms with E-state index in [-0.39, 0.29) is 17.9 Å². The number of hydrogen-bond donors (Lipinski definition) is 4. The fourth-order valence-electron chi connectivity index (χ4n) is 2.39. The second-order valence-corrected chi connectivity index (χ2v) is 5.22. The molecule has 0 bridgehead atoms. The molecule has 1 aliphatic rings. The first kappa shape index (κ1) is 14.3. The quantitative estimate of drug-likeness (QED) is 0.572. The van der Waals surface area contributed by atoms with Crippen molar-refractivity contribution >= 4 is 12.0 Å². The van der Waals surface area contributed by atoms with Crippen LogP contribution in [0.15, 0.2) is 6.33 Å². The maximum absolute atomic E-state index is 11.6. The lowest BCUT2D eigenvalue weighted by Crippen LogP contribution is -2.46. The Balaban J connectivity index is 1.65. The van der Waals surface area contributed by atoms with Crippen LogP contribution in [-0.4, -0.2) is 45.4 Å². The van der Waals surface area contributed by atoms with Gasteiger partial charge in [0.2, 0.25) is 0 Å². The summed E-state index contributed by atoms with van der Waals surface area (Å²) in [6.45, 7) is 0.862. The van der Waals surface area contributed by atoms with Gasteiger partial charge in [-0.1, -0.05) is 6.42 Å². The Morgan fingerprint density at radius 2 is 2.20 bits per heavy atom. The Hall–Kier alpha value is -2.12. The van der Waals surface area contributed by atoms with Crippen molar-refractivity contribution in [2.24, 2.45) is 5.41 Å². The third-order valence-electron chi connectivity index (χ3n) is 3.68. The van der Waals surface area contributed by atoms with Crippen molar-refractivity contribution < 1.29 is 14.7 Å². The van der Waals surface area contributed by atoms with Crippen molar-refractivity contribution in [3.8, 4) is 0 Å². The monoisotopic (exact) mass is 281 g/mol. The summed E-state index contributed by atoms with van der Waals surface area (Å²) in [7, 11) is 0. The molecule has 4 N–H and O–H groups in total. The molecule has 0 aliphatic heterocycles. The summed E-state index contributed by atoms with van der Waals surface area (Å²) in [6.07, 6.45) is 4.86. The number of hydrogen-bond acceptors (Lipinski definition) is 4. The molecule has 1 aromatic rings. The van der Waals surface area contributed by atoms with Crippen LogP contribution in [0.4, 0.5) is 4.79 Å². The minimum atomic E-state index is -0.808. The van der Waals surface area contributed by atoms with Crippen LogP contribution in [0.1, 0.15) is 31.5 Å². The first-order valence-electron chi connectivity index (χ1n) is 6.67. The van der Waals surface area contributed by atoms with E-state index in [0.29, 0.717) is 25.3 Å². The number of nitrogens with one attached hydrogen (secondary N) is 3. The van der Waals surface area contributed by atoms with E-state index in [1.165, 1.54) is 6.33 Å². The number of aromatic nitrogens is 3. The maximum atomic E-state index is 11.6. The highest BCUT2D eigenvalue weighted by Gasteiger charge is 2.39. The standard InChI is InChI=1S/C12H19N5O3/c18-10(19)6-12(3-1-4-12)7-14-11(20)13-5-2-9-15-8-16-17-9/h8H,1-7H2,(H,18,19)(H2,13,14,20)(H,15,16,17). The van der Waals surface area contributed by atoms with Crippen LogP contribution < -0.4 is 10.6 Å². The molecule has 0 aromatic carbocycles. The zero-order chi connectivity index (χ0) is 14.4. The van der Waals surface area contributed by atoms with E-state index in [1.807, 2.05) is 0 Å². The fourth-order valence-corrected chi connectivity index (χ4v) is 2.39. The van der Waals surface area contributed by atoms with E-state index in [2.05, 4.69) is 25.8 Å². The van der Waals surface area contributed by atoms with Gasteiger partial charge >= 0.3 is 12.0 Å². The third kappa shape index (κ3) is 3.94. The Morgan fingerprint density at radius 3 is 2.75 bits per heavy atom. The first-order chi connectivity index (χ1) is 9.60. The zero-order valence-corrected chi connectivity index (χ0v) is 11.2. The lowest BCUT2D eigenvalue weighted by Gasteiger charge is -2.40. The van der Waals surface area contributed by atoms with Crippen LogP contribution in [-0.2, 0) is 11.2 Å². The average molecular weight is 281 g/mol. The number of carboxylic acids is 1. The van der Waals surface area contributed by atoms with Crippen molar-refractivity contribution in [1.29, 1.82) is 0 Å². The molecule has 0 atom stereocenters. The van der Waals surface area contributed by atoms with Crippen molar-refractivity contribution in [3.05, 3.63) is 12.2 Å². The summed E-state index contributed by atoms with van der Waals surface area (Å²) in [6, 6.07) is -0.277. The normalized spacial score (nSPS) is 16.2. The van der Waals surface area contributed by atoms with Gasteiger partial charge in [0.15, 0.2) is 0 Å². The van der Waals surface area contributed by atoms with E-state index in [0.717, 1.165) is 19.3 Å². The van der Waals surface area contributed by atoms with E-state index < -0.39 is 5.97 Å². The molecule has 0 spiro atoms. The van der Waals surface area contributed by atoms with Gasteiger partial charge < -0.3 is 15.7 Å². The second kappa shape index (κ2) is 6.36. The molecular formula is C12H19N5O3. The lowest BCUT2D eigenvalue weighted by molar-refractivity contribution is -0.141. The number of aromatic amines is 1. The van der Waals surface area contributed by atoms with Crippen LogP contribution in [0.3, 0.4) is 0 Å². The van der Waals surface area contributed by atoms with Crippen LogP contribution in [0.5, 0.6) is 0 Å². The molecule has 0 saturated heterocycles. The van der Waals surface area contributed by atoms with Gasteiger partial charge in [0.05, 0.1) is 6.42 Å². The van der Waals surface area contributed by atoms with Crippen LogP contribution in [0.25, 0.3) is 0 Å². The number of carboxylic acid groups (broad SMARTS) is 1. The summed E-state index contributed by atoms with van der Waals surface area (Å²) in [5, 5.41) is 20.8. The van der Waals surface area contributed by atoms with Crippen LogP contribution >= 0.6 is 0 Å². The van der Waals surface area contributed by atoms with Gasteiger partial charge in [-0.2, -0.15) is 5.10 Å². The average Bonchev–Trinajstić information content (AvgIpc) is 2.85. The molecule has 8 heteroatoms. The number of rotatable bonds is 7. The van der Waals surface area contributed by atoms with Gasteiger partial charge in [0, 0.05) is 19.5 Å². The molecule has 1 fully saturated rings. The Labute approximate surface area is 116 Å². The number of H-pyrrole nitrogens is 1. The molecule has 1 aromatic heterocycles. The van der Waals surface area contributed by atoms with Gasteiger partial charge in [-0.15, -0.1) is 0 Å². The highest BCUT2D eigenvalue weighted by Crippen LogP contribution is 2.43. The molecule has 0 unspecified atom stereocenters. The minimum absolute atomic E-state index is 0.116. The lowest BCUT2D eigenvalue weighted by atomic mass is 9.66. The largest absolute Gasteiger partial charge is 0.481 e. The van der Waals surface area contributed by atoms with Gasteiger partial charge in [0.25, 0.3) is 0 Å². The van der Waals surface area contributed by atoms with Crippen molar-refractivity contribution in [2.45, 2.75) is 32.1 Å². The number of urea groups is 1. The molecule has 0 radical (unpaired) electrons. The number of nitrogens with zero attached hydrogens (tertiary/aromatic N) is 2. The Morgan fingerprint density at radius 1 is 1.40 bits per heavy atom. The molecule has 8 nitrogen and oxygen atoms in total. The molecule has 20 heavy (non-hydrogen) atoms. The SMILES string of the molecule is O=C(O)CC1(CNC(=O)NCCc2ncn[nH]2)CCC1. The molecule has 1 heterocycles. The summed E-state index contributed by atoms with van der Waals surface area (Å²) in [5.74, 6) is -0.0936. The topological polar surface area (TPSA) is 120 Å². The molecule has 2 rings (SSSR count). The second-order valence-electron chi connectivity index (χ2n) is 5.22. The minimum Gasteiger partial charge on any atom is -0.481 e. The predicted molar refractivity (Wildman–Crippen MR) is 70.0 cm³/mol. The predicted octanol–water partition coefficient (Wildman–Crippen LogP) is 0.291. The summed E-state index contributed by atoms with van der Waals surface area (Å²) < 4.78 is 0. The van der Waals surface area contributed by atoms with Gasteiger partial charge in [-0.25, -0.2) is 9.78 Å². The Bertz CT molecular complexity index is 456. The Kier molecular flexibility index (Phi) is 4.54. The van der Waals surface area contributed by atoms with Gasteiger partial charge in [-0.3, -0.25) is 9.89 Å². The highest BCUT2D eigenvalue weighted by atomic mass is 16.4. The zero-order valence-electron chi connectivity index (χ0n) is 11.2. The summed E-state index contributed by atoms with van der Waals surface area (Å²) in [5.41, 5.74) is -0.256. The molecule has 1 aliphatic carbocycles. The smallest absolute Gasteiger partial charge is 0.314 e. The highest BCUT2D eigenvalue weighted by molar-refractivity contribution is 5.74. The number of amides is 2. The molecule has 2 amide bonds. The molecule has 110 valence electrons. The van der Waals surface area contributed by atoms with Crippen LogP contribution in [0, 0.1) is 5.41 Å². The van der Waals surface area contributed by atoms with Crippen molar-refractivity contribution in [3.63, 3.8) is 0 Å². The van der Waals surface area contributed by atoms with Crippen LogP contribution in [0.2, 0.25) is 0 Å². The summed E-state index contributed by atoms with van der Waals surface area (Å²) >= 11 is 0. The maximum Gasteiger partial charge on any atom is 0.314 e. The summed E-state index contributed by atoms with van der Waals surface area (Å²) in [4.78, 5) is 26.4. The molecule has 1 saturated carbocycles. The van der Waals surface area contributed by atoms with Gasteiger partial charge in [-0.05, 0) is 18.3 Å². The molecular weight excluding hydrogens is 262 g/mol. The van der Waals surface area contributed by atoms with E-state index in [1.54, 1.807) is 0 Å². The first-order valence-corrected chi connectivity index (χ1v) is 6.67. The van der Waals surface area contributed by atoms with E-state index in [4.69, 9.17) is 5.11 Å². The van der Waals surface area contributed by atoms with Crippen molar-refractivity contribution in [1.82, 2.24) is 25.8 Å². The van der Waals surface area contributed by atoms with Crippen molar-refractivity contribution in [2.75, 3.05) is 13.1 Å². The van der Waals surface area contributed by atoms with E-state index >= 15 is 0 Å². The van der Waals surface area contributed by atoms with Gasteiger partial charge in [0.1, 0.15) is 12.2 Å². The fraction of sp³-hybridized carbons (Fsp3) is 0.667. The number of carbonyl (C=O) groups excluding carboxylic acids is 1. The third-order valence-corrected chi connectivity index (χ3v) is 3.68. The number of aliphatic carboxylic acids is 1. The number of carbonyl (C=O) groups is 2. The van der Waals surface area contributed by atoms with E-state index in [9.17, 15) is 9.59 Å².